The van der Waals surface area contributed by atoms with E-state index >= 15 is 0 Å². The van der Waals surface area contributed by atoms with Gasteiger partial charge in [-0.15, -0.1) is 12.4 Å². The molecule has 0 aliphatic heterocycles. The normalized spacial score (nSPS) is 21.3. The third kappa shape index (κ3) is 2.70. The molecule has 0 atom stereocenters. The van der Waals surface area contributed by atoms with Gasteiger partial charge in [0.1, 0.15) is 5.82 Å². The summed E-state index contributed by atoms with van der Waals surface area (Å²) >= 11 is 0. The SMILES string of the molecule is Cl.NC1(c2nc3c(c(=O)[nH]2)CCCC3)CCCCC1. The van der Waals surface area contributed by atoms with E-state index in [1.54, 1.807) is 0 Å². The summed E-state index contributed by atoms with van der Waals surface area (Å²) in [4.78, 5) is 19.8. The van der Waals surface area contributed by atoms with Crippen molar-refractivity contribution in [3.63, 3.8) is 0 Å². The first-order valence-electron chi connectivity index (χ1n) is 7.10. The van der Waals surface area contributed by atoms with E-state index < -0.39 is 5.54 Å². The predicted molar refractivity (Wildman–Crippen MR) is 77.7 cm³/mol. The summed E-state index contributed by atoms with van der Waals surface area (Å²) in [5, 5.41) is 0. The van der Waals surface area contributed by atoms with Crippen LogP contribution in [0, 0.1) is 0 Å². The van der Waals surface area contributed by atoms with Crippen LogP contribution in [0.3, 0.4) is 0 Å². The lowest BCUT2D eigenvalue weighted by molar-refractivity contribution is 0.285. The van der Waals surface area contributed by atoms with Crippen LogP contribution in [-0.2, 0) is 18.4 Å². The first-order chi connectivity index (χ1) is 8.69. The maximum absolute atomic E-state index is 12.1. The topological polar surface area (TPSA) is 71.8 Å². The van der Waals surface area contributed by atoms with Crippen LogP contribution in [0.5, 0.6) is 0 Å². The molecule has 0 aromatic carbocycles. The summed E-state index contributed by atoms with van der Waals surface area (Å²) in [5.74, 6) is 0.729. The summed E-state index contributed by atoms with van der Waals surface area (Å²) in [6.45, 7) is 0. The third-order valence-electron chi connectivity index (χ3n) is 4.41. The van der Waals surface area contributed by atoms with E-state index in [1.807, 2.05) is 0 Å². The molecule has 19 heavy (non-hydrogen) atoms. The van der Waals surface area contributed by atoms with Gasteiger partial charge in [-0.3, -0.25) is 4.79 Å². The van der Waals surface area contributed by atoms with Crippen molar-refractivity contribution in [3.8, 4) is 0 Å². The van der Waals surface area contributed by atoms with Crippen LogP contribution in [-0.4, -0.2) is 9.97 Å². The van der Waals surface area contributed by atoms with Crippen LogP contribution in [0.15, 0.2) is 4.79 Å². The number of aromatic amines is 1. The summed E-state index contributed by atoms with van der Waals surface area (Å²) in [6, 6.07) is 0. The van der Waals surface area contributed by atoms with E-state index in [1.165, 1.54) is 6.42 Å². The van der Waals surface area contributed by atoms with Crippen LogP contribution in [0.25, 0.3) is 0 Å². The molecular formula is C14H22ClN3O. The van der Waals surface area contributed by atoms with Gasteiger partial charge in [-0.25, -0.2) is 4.98 Å². The molecule has 2 aliphatic rings. The highest BCUT2D eigenvalue weighted by molar-refractivity contribution is 5.85. The number of fused-ring (bicyclic) bond motifs is 1. The Bertz CT molecular complexity index is 506. The Morgan fingerprint density at radius 2 is 1.74 bits per heavy atom. The third-order valence-corrected chi connectivity index (χ3v) is 4.41. The highest BCUT2D eigenvalue weighted by Gasteiger charge is 2.33. The van der Waals surface area contributed by atoms with Gasteiger partial charge in [0, 0.05) is 5.56 Å². The number of hydrogen-bond acceptors (Lipinski definition) is 3. The van der Waals surface area contributed by atoms with E-state index in [2.05, 4.69) is 9.97 Å². The zero-order valence-corrected chi connectivity index (χ0v) is 12.0. The zero-order valence-electron chi connectivity index (χ0n) is 11.2. The van der Waals surface area contributed by atoms with E-state index in [0.29, 0.717) is 0 Å². The fourth-order valence-corrected chi connectivity index (χ4v) is 3.26. The molecule has 3 rings (SSSR count). The Morgan fingerprint density at radius 1 is 1.05 bits per heavy atom. The van der Waals surface area contributed by atoms with E-state index in [0.717, 1.165) is 68.4 Å². The van der Waals surface area contributed by atoms with Crippen LogP contribution in [0.2, 0.25) is 0 Å². The summed E-state index contributed by atoms with van der Waals surface area (Å²) < 4.78 is 0. The van der Waals surface area contributed by atoms with Crippen LogP contribution < -0.4 is 11.3 Å². The maximum Gasteiger partial charge on any atom is 0.254 e. The molecule has 1 aromatic rings. The number of H-pyrrole nitrogens is 1. The van der Waals surface area contributed by atoms with Gasteiger partial charge < -0.3 is 10.7 Å². The van der Waals surface area contributed by atoms with Gasteiger partial charge in [0.25, 0.3) is 5.56 Å². The molecule has 0 spiro atoms. The van der Waals surface area contributed by atoms with E-state index in [-0.39, 0.29) is 18.0 Å². The number of aromatic nitrogens is 2. The number of halogens is 1. The number of hydrogen-bond donors (Lipinski definition) is 2. The first kappa shape index (κ1) is 14.5. The number of nitrogens with one attached hydrogen (secondary N) is 1. The molecule has 0 unspecified atom stereocenters. The van der Waals surface area contributed by atoms with Gasteiger partial charge in [0.2, 0.25) is 0 Å². The lowest BCUT2D eigenvalue weighted by Gasteiger charge is -2.32. The van der Waals surface area contributed by atoms with Crippen molar-refractivity contribution < 1.29 is 0 Å². The van der Waals surface area contributed by atoms with Crippen LogP contribution in [0.1, 0.15) is 62.0 Å². The van der Waals surface area contributed by atoms with E-state index in [9.17, 15) is 4.79 Å². The quantitative estimate of drug-likeness (QED) is 0.830. The molecule has 1 saturated carbocycles. The van der Waals surface area contributed by atoms with E-state index in [4.69, 9.17) is 5.73 Å². The van der Waals surface area contributed by atoms with Gasteiger partial charge in [0.15, 0.2) is 0 Å². The number of aryl methyl sites for hydroxylation is 1. The minimum Gasteiger partial charge on any atom is -0.319 e. The molecular weight excluding hydrogens is 262 g/mol. The second kappa shape index (κ2) is 5.63. The lowest BCUT2D eigenvalue weighted by Crippen LogP contribution is -2.42. The molecule has 0 radical (unpaired) electrons. The second-order valence-electron chi connectivity index (χ2n) is 5.76. The van der Waals surface area contributed by atoms with Crippen molar-refractivity contribution in [3.05, 3.63) is 27.4 Å². The summed E-state index contributed by atoms with van der Waals surface area (Å²) in [7, 11) is 0. The summed E-state index contributed by atoms with van der Waals surface area (Å²) in [5.41, 5.74) is 7.99. The fraction of sp³-hybridized carbons (Fsp3) is 0.714. The van der Waals surface area contributed by atoms with Gasteiger partial charge in [-0.05, 0) is 38.5 Å². The molecule has 5 heteroatoms. The van der Waals surface area contributed by atoms with Gasteiger partial charge >= 0.3 is 0 Å². The fourth-order valence-electron chi connectivity index (χ4n) is 3.26. The number of nitrogens with two attached hydrogens (primary N) is 1. The van der Waals surface area contributed by atoms with Gasteiger partial charge in [-0.1, -0.05) is 19.3 Å². The Kier molecular flexibility index (Phi) is 4.31. The molecule has 1 fully saturated rings. The Labute approximate surface area is 119 Å². The van der Waals surface area contributed by atoms with Crippen molar-refractivity contribution in [2.24, 2.45) is 5.73 Å². The second-order valence-corrected chi connectivity index (χ2v) is 5.76. The average Bonchev–Trinajstić information content (AvgIpc) is 2.39. The smallest absolute Gasteiger partial charge is 0.254 e. The highest BCUT2D eigenvalue weighted by atomic mass is 35.5. The first-order valence-corrected chi connectivity index (χ1v) is 7.10. The molecule has 106 valence electrons. The lowest BCUT2D eigenvalue weighted by atomic mass is 9.81. The minimum atomic E-state index is -0.399. The average molecular weight is 284 g/mol. The van der Waals surface area contributed by atoms with Crippen molar-refractivity contribution in [1.29, 1.82) is 0 Å². The number of nitrogens with zero attached hydrogens (tertiary/aromatic N) is 1. The van der Waals surface area contributed by atoms with Crippen molar-refractivity contribution in [2.75, 3.05) is 0 Å². The molecule has 4 nitrogen and oxygen atoms in total. The standard InChI is InChI=1S/C14H21N3O.ClH/c15-14(8-4-1-5-9-14)13-16-11-7-3-2-6-10(11)12(18)17-13;/h1-9,15H2,(H,16,17,18);1H. The molecule has 0 bridgehead atoms. The predicted octanol–water partition coefficient (Wildman–Crippen LogP) is 2.19. The molecule has 0 amide bonds. The molecule has 0 saturated heterocycles. The summed E-state index contributed by atoms with van der Waals surface area (Å²) in [6.07, 6.45) is 9.44. The van der Waals surface area contributed by atoms with Crippen molar-refractivity contribution in [2.45, 2.75) is 63.3 Å². The highest BCUT2D eigenvalue weighted by Crippen LogP contribution is 2.33. The Morgan fingerprint density at radius 3 is 2.47 bits per heavy atom. The Balaban J connectivity index is 0.00000133. The molecule has 2 aliphatic carbocycles. The molecule has 1 heterocycles. The monoisotopic (exact) mass is 283 g/mol. The Hall–Kier alpha value is -0.870. The van der Waals surface area contributed by atoms with Crippen molar-refractivity contribution in [1.82, 2.24) is 9.97 Å². The van der Waals surface area contributed by atoms with Crippen LogP contribution in [0.4, 0.5) is 0 Å². The van der Waals surface area contributed by atoms with Crippen LogP contribution >= 0.6 is 12.4 Å². The number of rotatable bonds is 1. The maximum atomic E-state index is 12.1. The zero-order chi connectivity index (χ0) is 12.6. The van der Waals surface area contributed by atoms with Gasteiger partial charge in [0.05, 0.1) is 11.2 Å². The van der Waals surface area contributed by atoms with Gasteiger partial charge in [-0.2, -0.15) is 0 Å². The van der Waals surface area contributed by atoms with Crippen molar-refractivity contribution >= 4 is 12.4 Å². The minimum absolute atomic E-state index is 0. The largest absolute Gasteiger partial charge is 0.319 e. The molecule has 1 aromatic heterocycles. The molecule has 3 N–H and O–H groups in total.